The van der Waals surface area contributed by atoms with E-state index in [9.17, 15) is 0 Å². The fourth-order valence-corrected chi connectivity index (χ4v) is 6.73. The molecule has 0 bridgehead atoms. The second-order valence-electron chi connectivity index (χ2n) is 9.84. The van der Waals surface area contributed by atoms with Crippen molar-refractivity contribution in [2.45, 2.75) is 6.92 Å². The van der Waals surface area contributed by atoms with Gasteiger partial charge in [-0.05, 0) is 59.3 Å². The summed E-state index contributed by atoms with van der Waals surface area (Å²) in [5.41, 5.74) is 12.7. The van der Waals surface area contributed by atoms with Gasteiger partial charge in [0.25, 0.3) is 0 Å². The third-order valence-corrected chi connectivity index (χ3v) is 7.97. The number of aromatic nitrogens is 1. The molecule has 0 N–H and O–H groups in total. The number of anilines is 2. The first-order valence-electron chi connectivity index (χ1n) is 12.2. The molecule has 0 saturated heterocycles. The molecule has 0 unspecified atom stereocenters. The summed E-state index contributed by atoms with van der Waals surface area (Å²) in [4.78, 5) is 2.53. The molecule has 162 valence electrons. The van der Waals surface area contributed by atoms with E-state index >= 15 is 0 Å². The van der Waals surface area contributed by atoms with Gasteiger partial charge in [-0.3, -0.25) is 0 Å². The zero-order valence-corrected chi connectivity index (χ0v) is 19.1. The molecule has 3 aliphatic heterocycles. The molecule has 6 aromatic rings. The van der Waals surface area contributed by atoms with Crippen LogP contribution in [0.5, 0.6) is 11.5 Å². The van der Waals surface area contributed by atoms with Crippen LogP contribution in [-0.2, 0) is 0 Å². The molecule has 1 aromatic heterocycles. The summed E-state index contributed by atoms with van der Waals surface area (Å²) >= 11 is 0. The Labute approximate surface area is 202 Å². The van der Waals surface area contributed by atoms with E-state index in [1.54, 1.807) is 0 Å². The molecule has 0 atom stereocenters. The van der Waals surface area contributed by atoms with Crippen LogP contribution in [0.25, 0.3) is 38.6 Å². The lowest BCUT2D eigenvalue weighted by Crippen LogP contribution is -2.61. The minimum Gasteiger partial charge on any atom is -0.453 e. The molecule has 9 rings (SSSR count). The van der Waals surface area contributed by atoms with Gasteiger partial charge in [0, 0.05) is 22.0 Å². The highest BCUT2D eigenvalue weighted by Crippen LogP contribution is 2.54. The van der Waals surface area contributed by atoms with Crippen LogP contribution in [0.15, 0.2) is 97.1 Å². The lowest BCUT2D eigenvalue weighted by molar-refractivity contribution is 0.478. The number of para-hydroxylation sites is 5. The van der Waals surface area contributed by atoms with Gasteiger partial charge in [0.1, 0.15) is 5.75 Å². The topological polar surface area (TPSA) is 17.4 Å². The van der Waals surface area contributed by atoms with E-state index in [-0.39, 0.29) is 6.85 Å². The summed E-state index contributed by atoms with van der Waals surface area (Å²) in [5.74, 6) is 1.83. The number of nitrogens with zero attached hydrogens (tertiary/aromatic N) is 2. The van der Waals surface area contributed by atoms with Crippen molar-refractivity contribution in [1.29, 1.82) is 0 Å². The van der Waals surface area contributed by atoms with Crippen LogP contribution in [0.1, 0.15) is 5.56 Å². The van der Waals surface area contributed by atoms with Crippen molar-refractivity contribution in [2.24, 2.45) is 0 Å². The fraction of sp³-hybridized carbons (Fsp3) is 0.0323. The van der Waals surface area contributed by atoms with Gasteiger partial charge in [0.2, 0.25) is 0 Å². The number of aryl methyl sites for hydroxylation is 1. The molecule has 0 amide bonds. The Bertz CT molecular complexity index is 1920. The van der Waals surface area contributed by atoms with Crippen molar-refractivity contribution in [3.05, 3.63) is 103 Å². The van der Waals surface area contributed by atoms with Gasteiger partial charge >= 0.3 is 6.85 Å². The number of rotatable bonds is 0. The molecule has 0 aliphatic carbocycles. The van der Waals surface area contributed by atoms with Crippen LogP contribution in [0.2, 0.25) is 0 Å². The number of benzene rings is 5. The zero-order valence-electron chi connectivity index (χ0n) is 19.1. The van der Waals surface area contributed by atoms with Crippen molar-refractivity contribution in [2.75, 3.05) is 4.81 Å². The van der Waals surface area contributed by atoms with Gasteiger partial charge in [-0.15, -0.1) is 0 Å². The van der Waals surface area contributed by atoms with Crippen LogP contribution >= 0.6 is 0 Å². The lowest BCUT2D eigenvalue weighted by Gasteiger charge is -2.45. The molecule has 35 heavy (non-hydrogen) atoms. The summed E-state index contributed by atoms with van der Waals surface area (Å²) in [7, 11) is 0. The molecular formula is C31H19BN2O. The maximum absolute atomic E-state index is 6.45. The Morgan fingerprint density at radius 3 is 2.46 bits per heavy atom. The second kappa shape index (κ2) is 5.97. The first kappa shape index (κ1) is 18.0. The first-order chi connectivity index (χ1) is 17.3. The number of fused-ring (bicyclic) bond motifs is 9. The number of hydrogen-bond donors (Lipinski definition) is 0. The van der Waals surface area contributed by atoms with Crippen molar-refractivity contribution in [1.82, 2.24) is 4.57 Å². The predicted octanol–water partition coefficient (Wildman–Crippen LogP) is 6.44. The van der Waals surface area contributed by atoms with E-state index in [1.807, 2.05) is 0 Å². The summed E-state index contributed by atoms with van der Waals surface area (Å²) in [6, 6.07) is 35.3. The smallest absolute Gasteiger partial charge is 0.333 e. The lowest BCUT2D eigenvalue weighted by atomic mass is 9.43. The molecule has 4 heteroatoms. The molecule has 3 nitrogen and oxygen atoms in total. The monoisotopic (exact) mass is 446 g/mol. The maximum atomic E-state index is 6.45. The van der Waals surface area contributed by atoms with Crippen LogP contribution in [0.3, 0.4) is 0 Å². The van der Waals surface area contributed by atoms with Gasteiger partial charge in [0.05, 0.1) is 22.4 Å². The van der Waals surface area contributed by atoms with Gasteiger partial charge in [-0.2, -0.15) is 0 Å². The van der Waals surface area contributed by atoms with Gasteiger partial charge in [0.15, 0.2) is 5.75 Å². The Balaban J connectivity index is 1.53. The average molecular weight is 446 g/mol. The molecule has 0 saturated carbocycles. The highest BCUT2D eigenvalue weighted by atomic mass is 16.5. The van der Waals surface area contributed by atoms with E-state index in [0.29, 0.717) is 0 Å². The summed E-state index contributed by atoms with van der Waals surface area (Å²) in [6.07, 6.45) is 0. The van der Waals surface area contributed by atoms with E-state index < -0.39 is 0 Å². The van der Waals surface area contributed by atoms with Crippen molar-refractivity contribution >= 4 is 51.0 Å². The molecule has 4 heterocycles. The Kier molecular flexibility index (Phi) is 3.06. The van der Waals surface area contributed by atoms with Crippen LogP contribution in [-0.4, -0.2) is 11.4 Å². The van der Waals surface area contributed by atoms with Crippen molar-refractivity contribution < 1.29 is 4.74 Å². The second-order valence-corrected chi connectivity index (χ2v) is 9.84. The zero-order chi connectivity index (χ0) is 22.8. The van der Waals surface area contributed by atoms with Gasteiger partial charge in [-0.1, -0.05) is 66.7 Å². The predicted molar refractivity (Wildman–Crippen MR) is 145 cm³/mol. The Morgan fingerprint density at radius 2 is 1.49 bits per heavy atom. The highest BCUT2D eigenvalue weighted by Gasteiger charge is 2.46. The van der Waals surface area contributed by atoms with Crippen LogP contribution in [0, 0.1) is 6.92 Å². The van der Waals surface area contributed by atoms with E-state index in [0.717, 1.165) is 17.2 Å². The van der Waals surface area contributed by atoms with Crippen molar-refractivity contribution in [3.8, 4) is 28.3 Å². The largest absolute Gasteiger partial charge is 0.453 e. The summed E-state index contributed by atoms with van der Waals surface area (Å²) in [6.45, 7) is 2.28. The quantitative estimate of drug-likeness (QED) is 0.250. The Hall–Kier alpha value is -4.44. The summed E-state index contributed by atoms with van der Waals surface area (Å²) in [5, 5.41) is 2.62. The number of ether oxygens (including phenoxy) is 1. The van der Waals surface area contributed by atoms with Crippen LogP contribution in [0.4, 0.5) is 11.4 Å². The molecule has 5 aromatic carbocycles. The van der Waals surface area contributed by atoms with E-state index in [2.05, 4.69) is 113 Å². The highest BCUT2D eigenvalue weighted by molar-refractivity contribution is 6.93. The summed E-state index contributed by atoms with van der Waals surface area (Å²) < 4.78 is 8.96. The van der Waals surface area contributed by atoms with E-state index in [1.165, 1.54) is 60.8 Å². The Morgan fingerprint density at radius 1 is 0.686 bits per heavy atom. The maximum Gasteiger partial charge on any atom is 0.333 e. The molecule has 0 radical (unpaired) electrons. The molecule has 0 fully saturated rings. The van der Waals surface area contributed by atoms with Crippen LogP contribution < -0.4 is 20.5 Å². The van der Waals surface area contributed by atoms with E-state index in [4.69, 9.17) is 4.74 Å². The minimum absolute atomic E-state index is 0.0693. The van der Waals surface area contributed by atoms with Crippen molar-refractivity contribution in [3.63, 3.8) is 0 Å². The number of hydrogen-bond acceptors (Lipinski definition) is 2. The standard InChI is InChI=1S/C31H19BN2O/c1-18-16-22-21-10-7-15-28-31(21)34(25-13-4-5-14-27(25)35-28)32-23-11-6-9-20-19-8-2-3-12-24(19)33(30(20)23)26(17-18)29(22)32/h2-17H,1H3. The first-order valence-corrected chi connectivity index (χ1v) is 12.2. The SMILES string of the molecule is Cc1cc2c3c(c1)-n1c4ccccc4c4cccc(c41)B3N1c3ccccc3Oc3cccc-2c31. The van der Waals surface area contributed by atoms with Gasteiger partial charge < -0.3 is 14.1 Å². The molecule has 0 spiro atoms. The molecular weight excluding hydrogens is 427 g/mol. The minimum atomic E-state index is 0.0693. The third-order valence-electron chi connectivity index (χ3n) is 7.97. The molecule has 3 aliphatic rings. The normalized spacial score (nSPS) is 14.0. The fourth-order valence-electron chi connectivity index (χ4n) is 6.73. The third kappa shape index (κ3) is 2.02. The van der Waals surface area contributed by atoms with Gasteiger partial charge in [-0.25, -0.2) is 0 Å². The average Bonchev–Trinajstić information content (AvgIpc) is 3.23.